The highest BCUT2D eigenvalue weighted by Crippen LogP contribution is 2.23. The van der Waals surface area contributed by atoms with Crippen molar-refractivity contribution in [3.8, 4) is 11.5 Å². The fraction of sp³-hybridized carbons (Fsp3) is 0.278. The molecule has 0 amide bonds. The van der Waals surface area contributed by atoms with Crippen LogP contribution in [0.4, 0.5) is 0 Å². The van der Waals surface area contributed by atoms with Gasteiger partial charge in [-0.25, -0.2) is 0 Å². The van der Waals surface area contributed by atoms with Gasteiger partial charge in [-0.1, -0.05) is 24.3 Å². The second-order valence-corrected chi connectivity index (χ2v) is 5.49. The Labute approximate surface area is 129 Å². The summed E-state index contributed by atoms with van der Waals surface area (Å²) in [5.74, 6) is -0.253. The Bertz CT molecular complexity index is 624. The van der Waals surface area contributed by atoms with Crippen molar-refractivity contribution in [2.24, 2.45) is 11.8 Å². The van der Waals surface area contributed by atoms with E-state index in [0.29, 0.717) is 12.8 Å². The number of hydrogen-bond acceptors (Lipinski definition) is 4. The molecule has 0 radical (unpaired) electrons. The number of aliphatic hydroxyl groups is 1. The molecule has 2 rings (SSSR count). The minimum Gasteiger partial charge on any atom is -0.508 e. The number of aromatic hydroxyl groups is 2. The molecule has 0 aliphatic carbocycles. The standard InChI is InChI=1S/C18H20O4/c19-11-15(7-13-3-1-5-17(21)9-13)16(12-20)8-14-4-2-6-18(22)10-14/h1-6,9-11,15-16,20-22H,7-8,12H2/t15?,16-/m0/s1. The summed E-state index contributed by atoms with van der Waals surface area (Å²) in [6, 6.07) is 13.6. The molecule has 0 aromatic heterocycles. The summed E-state index contributed by atoms with van der Waals surface area (Å²) in [5.41, 5.74) is 1.73. The highest BCUT2D eigenvalue weighted by atomic mass is 16.3. The molecule has 3 N–H and O–H groups in total. The molecule has 4 heteroatoms. The Kier molecular flexibility index (Phi) is 5.55. The molecule has 0 saturated carbocycles. The summed E-state index contributed by atoms with van der Waals surface area (Å²) in [7, 11) is 0. The van der Waals surface area contributed by atoms with Gasteiger partial charge in [-0.15, -0.1) is 0 Å². The lowest BCUT2D eigenvalue weighted by atomic mass is 9.84. The second-order valence-electron chi connectivity index (χ2n) is 5.49. The Hall–Kier alpha value is -2.33. The smallest absolute Gasteiger partial charge is 0.123 e. The van der Waals surface area contributed by atoms with Gasteiger partial charge in [0.05, 0.1) is 0 Å². The van der Waals surface area contributed by atoms with E-state index >= 15 is 0 Å². The zero-order valence-corrected chi connectivity index (χ0v) is 12.2. The average Bonchev–Trinajstić information content (AvgIpc) is 2.51. The van der Waals surface area contributed by atoms with Crippen molar-refractivity contribution in [3.63, 3.8) is 0 Å². The number of phenolic OH excluding ortho intramolecular Hbond substituents is 2. The largest absolute Gasteiger partial charge is 0.508 e. The highest BCUT2D eigenvalue weighted by Gasteiger charge is 2.21. The van der Waals surface area contributed by atoms with E-state index in [9.17, 15) is 20.1 Å². The van der Waals surface area contributed by atoms with Gasteiger partial charge in [-0.05, 0) is 54.2 Å². The van der Waals surface area contributed by atoms with Crippen LogP contribution in [0.25, 0.3) is 0 Å². The van der Waals surface area contributed by atoms with E-state index in [1.807, 2.05) is 12.1 Å². The minimum atomic E-state index is -0.353. The van der Waals surface area contributed by atoms with Crippen LogP contribution in [0.5, 0.6) is 11.5 Å². The van der Waals surface area contributed by atoms with Gasteiger partial charge in [0.25, 0.3) is 0 Å². The first kappa shape index (κ1) is 16.0. The number of carbonyl (C=O) groups excluding carboxylic acids is 1. The lowest BCUT2D eigenvalue weighted by molar-refractivity contribution is -0.113. The number of phenols is 2. The normalized spacial score (nSPS) is 13.5. The molecule has 0 saturated heterocycles. The van der Waals surface area contributed by atoms with Crippen LogP contribution in [0.2, 0.25) is 0 Å². The van der Waals surface area contributed by atoms with E-state index < -0.39 is 0 Å². The number of carbonyl (C=O) groups is 1. The molecular weight excluding hydrogens is 280 g/mol. The van der Waals surface area contributed by atoms with Crippen LogP contribution in [0, 0.1) is 11.8 Å². The summed E-state index contributed by atoms with van der Waals surface area (Å²) in [6.45, 7) is -0.113. The van der Waals surface area contributed by atoms with Gasteiger partial charge in [0.2, 0.25) is 0 Å². The molecule has 2 atom stereocenters. The van der Waals surface area contributed by atoms with Crippen LogP contribution in [0.15, 0.2) is 48.5 Å². The Balaban J connectivity index is 2.11. The Morgan fingerprint density at radius 1 is 0.909 bits per heavy atom. The molecule has 2 aromatic rings. The monoisotopic (exact) mass is 300 g/mol. The fourth-order valence-electron chi connectivity index (χ4n) is 2.62. The van der Waals surface area contributed by atoms with Crippen LogP contribution in [-0.4, -0.2) is 28.2 Å². The molecule has 0 aliphatic rings. The zero-order valence-electron chi connectivity index (χ0n) is 12.2. The predicted octanol–water partition coefficient (Wildman–Crippen LogP) is 2.31. The number of rotatable bonds is 7. The zero-order chi connectivity index (χ0) is 15.9. The van der Waals surface area contributed by atoms with Gasteiger partial charge in [-0.2, -0.15) is 0 Å². The van der Waals surface area contributed by atoms with Crippen molar-refractivity contribution in [1.82, 2.24) is 0 Å². The first-order valence-electron chi connectivity index (χ1n) is 7.24. The van der Waals surface area contributed by atoms with Gasteiger partial charge in [-0.3, -0.25) is 0 Å². The van der Waals surface area contributed by atoms with Crippen molar-refractivity contribution in [2.45, 2.75) is 12.8 Å². The summed E-state index contributed by atoms with van der Waals surface area (Å²) in [4.78, 5) is 11.4. The average molecular weight is 300 g/mol. The minimum absolute atomic E-state index is 0.113. The Morgan fingerprint density at radius 3 is 1.91 bits per heavy atom. The highest BCUT2D eigenvalue weighted by molar-refractivity contribution is 5.55. The van der Waals surface area contributed by atoms with Crippen molar-refractivity contribution in [2.75, 3.05) is 6.61 Å². The molecule has 4 nitrogen and oxygen atoms in total. The van der Waals surface area contributed by atoms with Gasteiger partial charge in [0.15, 0.2) is 0 Å². The van der Waals surface area contributed by atoms with Crippen LogP contribution < -0.4 is 0 Å². The van der Waals surface area contributed by atoms with E-state index in [-0.39, 0.29) is 29.9 Å². The molecule has 0 heterocycles. The predicted molar refractivity (Wildman–Crippen MR) is 83.8 cm³/mol. The van der Waals surface area contributed by atoms with Crippen molar-refractivity contribution < 1.29 is 20.1 Å². The molecule has 1 unspecified atom stereocenters. The molecule has 2 aromatic carbocycles. The molecular formula is C18H20O4. The maximum Gasteiger partial charge on any atom is 0.123 e. The first-order chi connectivity index (χ1) is 10.6. The SMILES string of the molecule is O=CC(Cc1cccc(O)c1)[C@H](CO)Cc1cccc(O)c1. The Morgan fingerprint density at radius 2 is 1.45 bits per heavy atom. The fourth-order valence-corrected chi connectivity index (χ4v) is 2.62. The third kappa shape index (κ3) is 4.33. The number of benzene rings is 2. The van der Waals surface area contributed by atoms with Gasteiger partial charge in [0, 0.05) is 12.5 Å². The maximum absolute atomic E-state index is 11.4. The summed E-state index contributed by atoms with van der Waals surface area (Å²) in [6.07, 6.45) is 1.82. The topological polar surface area (TPSA) is 77.8 Å². The lowest BCUT2D eigenvalue weighted by Crippen LogP contribution is -2.24. The number of hydrogen-bond donors (Lipinski definition) is 3. The van der Waals surface area contributed by atoms with Crippen LogP contribution >= 0.6 is 0 Å². The molecule has 0 spiro atoms. The quantitative estimate of drug-likeness (QED) is 0.686. The van der Waals surface area contributed by atoms with E-state index in [0.717, 1.165) is 17.4 Å². The second kappa shape index (κ2) is 7.61. The van der Waals surface area contributed by atoms with E-state index in [1.54, 1.807) is 36.4 Å². The van der Waals surface area contributed by atoms with Crippen LogP contribution in [-0.2, 0) is 17.6 Å². The molecule has 0 fully saturated rings. The summed E-state index contributed by atoms with van der Waals surface area (Å²) in [5, 5.41) is 28.6. The van der Waals surface area contributed by atoms with E-state index in [2.05, 4.69) is 0 Å². The van der Waals surface area contributed by atoms with E-state index in [1.165, 1.54) is 0 Å². The third-order valence-corrected chi connectivity index (χ3v) is 3.81. The van der Waals surface area contributed by atoms with Crippen LogP contribution in [0.1, 0.15) is 11.1 Å². The van der Waals surface area contributed by atoms with Crippen LogP contribution in [0.3, 0.4) is 0 Å². The maximum atomic E-state index is 11.4. The van der Waals surface area contributed by atoms with Gasteiger partial charge < -0.3 is 20.1 Å². The lowest BCUT2D eigenvalue weighted by Gasteiger charge is -2.21. The van der Waals surface area contributed by atoms with Crippen molar-refractivity contribution in [1.29, 1.82) is 0 Å². The molecule has 116 valence electrons. The van der Waals surface area contributed by atoms with E-state index in [4.69, 9.17) is 0 Å². The summed E-state index contributed by atoms with van der Waals surface area (Å²) >= 11 is 0. The summed E-state index contributed by atoms with van der Waals surface area (Å²) < 4.78 is 0. The first-order valence-corrected chi connectivity index (χ1v) is 7.24. The number of aliphatic hydroxyl groups excluding tert-OH is 1. The molecule has 0 bridgehead atoms. The van der Waals surface area contributed by atoms with Crippen molar-refractivity contribution >= 4 is 6.29 Å². The molecule has 0 aliphatic heterocycles. The third-order valence-electron chi connectivity index (χ3n) is 3.81. The molecule has 22 heavy (non-hydrogen) atoms. The van der Waals surface area contributed by atoms with Crippen molar-refractivity contribution in [3.05, 3.63) is 59.7 Å². The van der Waals surface area contributed by atoms with Gasteiger partial charge in [0.1, 0.15) is 17.8 Å². The number of aldehydes is 1. The van der Waals surface area contributed by atoms with Gasteiger partial charge >= 0.3 is 0 Å².